The SMILES string of the molecule is COc1ccc(-c2cc3cccc(C)n3c2Cc2ccccc2[N+](=O)[O-])cc1. The molecule has 2 aromatic heterocycles. The molecule has 5 nitrogen and oxygen atoms in total. The van der Waals surface area contributed by atoms with Gasteiger partial charge in [-0.1, -0.05) is 36.4 Å². The van der Waals surface area contributed by atoms with Crippen LogP contribution in [0.4, 0.5) is 5.69 Å². The normalized spacial score (nSPS) is 10.9. The van der Waals surface area contributed by atoms with Gasteiger partial charge in [-0.2, -0.15) is 0 Å². The monoisotopic (exact) mass is 372 g/mol. The fourth-order valence-electron chi connectivity index (χ4n) is 3.69. The van der Waals surface area contributed by atoms with Gasteiger partial charge in [0.2, 0.25) is 0 Å². The zero-order valence-electron chi connectivity index (χ0n) is 15.8. The van der Waals surface area contributed by atoms with Crippen LogP contribution in [-0.4, -0.2) is 16.4 Å². The zero-order chi connectivity index (χ0) is 19.7. The van der Waals surface area contributed by atoms with Crippen molar-refractivity contribution in [1.82, 2.24) is 4.40 Å². The highest BCUT2D eigenvalue weighted by molar-refractivity contribution is 5.75. The Labute approximate surface area is 163 Å². The maximum atomic E-state index is 11.5. The summed E-state index contributed by atoms with van der Waals surface area (Å²) in [5, 5.41) is 11.5. The van der Waals surface area contributed by atoms with Crippen molar-refractivity contribution in [1.29, 1.82) is 0 Å². The van der Waals surface area contributed by atoms with Gasteiger partial charge < -0.3 is 9.14 Å². The van der Waals surface area contributed by atoms with Crippen molar-refractivity contribution in [3.05, 3.63) is 99.9 Å². The topological polar surface area (TPSA) is 56.8 Å². The highest BCUT2D eigenvalue weighted by Crippen LogP contribution is 2.33. The van der Waals surface area contributed by atoms with Gasteiger partial charge in [0.15, 0.2) is 0 Å². The molecule has 140 valence electrons. The Morgan fingerprint density at radius 3 is 2.46 bits per heavy atom. The van der Waals surface area contributed by atoms with Gasteiger partial charge >= 0.3 is 0 Å². The Hall–Kier alpha value is -3.60. The Bertz CT molecular complexity index is 1160. The second kappa shape index (κ2) is 7.19. The van der Waals surface area contributed by atoms with Gasteiger partial charge in [0.25, 0.3) is 5.69 Å². The van der Waals surface area contributed by atoms with Gasteiger partial charge in [-0.3, -0.25) is 10.1 Å². The smallest absolute Gasteiger partial charge is 0.272 e. The van der Waals surface area contributed by atoms with Crippen LogP contribution in [-0.2, 0) is 6.42 Å². The van der Waals surface area contributed by atoms with Crippen LogP contribution >= 0.6 is 0 Å². The molecule has 0 aliphatic carbocycles. The fourth-order valence-corrected chi connectivity index (χ4v) is 3.69. The number of para-hydroxylation sites is 1. The molecule has 0 aliphatic heterocycles. The molecule has 0 fully saturated rings. The molecule has 4 rings (SSSR count). The Morgan fingerprint density at radius 1 is 1.00 bits per heavy atom. The molecule has 2 aromatic carbocycles. The predicted molar refractivity (Wildman–Crippen MR) is 110 cm³/mol. The Morgan fingerprint density at radius 2 is 1.75 bits per heavy atom. The summed E-state index contributed by atoms with van der Waals surface area (Å²) in [6.45, 7) is 2.05. The summed E-state index contributed by atoms with van der Waals surface area (Å²) in [5.74, 6) is 0.795. The second-order valence-electron chi connectivity index (χ2n) is 6.72. The number of hydrogen-bond donors (Lipinski definition) is 0. The van der Waals surface area contributed by atoms with E-state index in [0.29, 0.717) is 12.0 Å². The van der Waals surface area contributed by atoms with Crippen molar-refractivity contribution in [2.75, 3.05) is 7.11 Å². The summed E-state index contributed by atoms with van der Waals surface area (Å²) in [5.41, 5.74) is 6.16. The van der Waals surface area contributed by atoms with Crippen LogP contribution in [0.25, 0.3) is 16.6 Å². The third-order valence-corrected chi connectivity index (χ3v) is 5.04. The van der Waals surface area contributed by atoms with E-state index < -0.39 is 0 Å². The van der Waals surface area contributed by atoms with E-state index >= 15 is 0 Å². The first-order valence-electron chi connectivity index (χ1n) is 9.05. The number of fused-ring (bicyclic) bond motifs is 1. The molecule has 0 unspecified atom stereocenters. The summed E-state index contributed by atoms with van der Waals surface area (Å²) < 4.78 is 7.45. The Kier molecular flexibility index (Phi) is 4.57. The van der Waals surface area contributed by atoms with Crippen molar-refractivity contribution in [3.8, 4) is 16.9 Å². The molecule has 5 heteroatoms. The van der Waals surface area contributed by atoms with E-state index in [9.17, 15) is 10.1 Å². The predicted octanol–water partition coefficient (Wildman–Crippen LogP) is 5.42. The first-order valence-corrected chi connectivity index (χ1v) is 9.05. The van der Waals surface area contributed by atoms with Gasteiger partial charge in [-0.25, -0.2) is 0 Å². The van der Waals surface area contributed by atoms with Crippen molar-refractivity contribution in [3.63, 3.8) is 0 Å². The van der Waals surface area contributed by atoms with E-state index in [4.69, 9.17) is 4.74 Å². The molecule has 0 amide bonds. The first kappa shape index (κ1) is 17.8. The fraction of sp³-hybridized carbons (Fsp3) is 0.130. The summed E-state index contributed by atoms with van der Waals surface area (Å²) in [6.07, 6.45) is 0.470. The van der Waals surface area contributed by atoms with Gasteiger partial charge in [0.05, 0.1) is 12.0 Å². The molecular weight excluding hydrogens is 352 g/mol. The highest BCUT2D eigenvalue weighted by atomic mass is 16.6. The average Bonchev–Trinajstić information content (AvgIpc) is 3.08. The molecule has 0 saturated carbocycles. The molecule has 0 spiro atoms. The van der Waals surface area contributed by atoms with Gasteiger partial charge in [-0.15, -0.1) is 0 Å². The van der Waals surface area contributed by atoms with Crippen LogP contribution in [0, 0.1) is 17.0 Å². The van der Waals surface area contributed by atoms with E-state index in [0.717, 1.165) is 33.8 Å². The third kappa shape index (κ3) is 3.11. The maximum Gasteiger partial charge on any atom is 0.272 e. The lowest BCUT2D eigenvalue weighted by Gasteiger charge is -2.11. The lowest BCUT2D eigenvalue weighted by atomic mass is 10.0. The largest absolute Gasteiger partial charge is 0.497 e. The maximum absolute atomic E-state index is 11.5. The van der Waals surface area contributed by atoms with Crippen molar-refractivity contribution in [2.45, 2.75) is 13.3 Å². The number of aryl methyl sites for hydroxylation is 1. The zero-order valence-corrected chi connectivity index (χ0v) is 15.8. The van der Waals surface area contributed by atoms with E-state index in [2.05, 4.69) is 16.5 Å². The number of aromatic nitrogens is 1. The summed E-state index contributed by atoms with van der Waals surface area (Å²) in [4.78, 5) is 11.2. The van der Waals surface area contributed by atoms with Crippen molar-refractivity contribution >= 4 is 11.2 Å². The molecule has 2 heterocycles. The second-order valence-corrected chi connectivity index (χ2v) is 6.72. The van der Waals surface area contributed by atoms with Crippen LogP contribution < -0.4 is 4.74 Å². The molecule has 0 aliphatic rings. The summed E-state index contributed by atoms with van der Waals surface area (Å²) in [7, 11) is 1.64. The van der Waals surface area contributed by atoms with Crippen LogP contribution in [0.2, 0.25) is 0 Å². The highest BCUT2D eigenvalue weighted by Gasteiger charge is 2.19. The number of nitro groups is 1. The molecule has 0 radical (unpaired) electrons. The third-order valence-electron chi connectivity index (χ3n) is 5.04. The lowest BCUT2D eigenvalue weighted by molar-refractivity contribution is -0.385. The minimum atomic E-state index is -0.314. The number of nitro benzene ring substituents is 1. The minimum absolute atomic E-state index is 0.145. The molecular formula is C23H20N2O3. The molecule has 4 aromatic rings. The number of rotatable bonds is 5. The summed E-state index contributed by atoms with van der Waals surface area (Å²) >= 11 is 0. The number of hydrogen-bond acceptors (Lipinski definition) is 3. The molecule has 0 atom stereocenters. The van der Waals surface area contributed by atoms with Crippen LogP contribution in [0.3, 0.4) is 0 Å². The van der Waals surface area contributed by atoms with E-state index in [-0.39, 0.29) is 10.6 Å². The Balaban J connectivity index is 1.92. The molecule has 0 saturated heterocycles. The van der Waals surface area contributed by atoms with E-state index in [1.54, 1.807) is 19.2 Å². The van der Waals surface area contributed by atoms with Crippen LogP contribution in [0.5, 0.6) is 5.75 Å². The van der Waals surface area contributed by atoms with E-state index in [1.807, 2.05) is 55.5 Å². The van der Waals surface area contributed by atoms with E-state index in [1.165, 1.54) is 0 Å². The van der Waals surface area contributed by atoms with Crippen molar-refractivity contribution < 1.29 is 9.66 Å². The number of ether oxygens (including phenoxy) is 1. The van der Waals surface area contributed by atoms with Crippen LogP contribution in [0.15, 0.2) is 72.8 Å². The minimum Gasteiger partial charge on any atom is -0.497 e. The number of methoxy groups -OCH3 is 1. The molecule has 0 N–H and O–H groups in total. The number of nitrogens with zero attached hydrogens (tertiary/aromatic N) is 2. The van der Waals surface area contributed by atoms with Gasteiger partial charge in [0.1, 0.15) is 5.75 Å². The quantitative estimate of drug-likeness (QED) is 0.347. The number of benzene rings is 2. The van der Waals surface area contributed by atoms with Gasteiger partial charge in [0, 0.05) is 40.5 Å². The van der Waals surface area contributed by atoms with Crippen LogP contribution in [0.1, 0.15) is 17.0 Å². The molecule has 28 heavy (non-hydrogen) atoms. The number of pyridine rings is 1. The molecule has 0 bridgehead atoms. The standard InChI is InChI=1S/C23H20N2O3/c1-16-6-5-8-19-15-21(17-10-12-20(28-2)13-11-17)23(24(16)19)14-18-7-3-4-9-22(18)25(26)27/h3-13,15H,14H2,1-2H3. The lowest BCUT2D eigenvalue weighted by Crippen LogP contribution is -2.02. The van der Waals surface area contributed by atoms with Gasteiger partial charge in [-0.05, 0) is 42.8 Å². The van der Waals surface area contributed by atoms with Crippen molar-refractivity contribution in [2.24, 2.45) is 0 Å². The first-order chi connectivity index (χ1) is 13.6. The average molecular weight is 372 g/mol. The summed E-state index contributed by atoms with van der Waals surface area (Å²) in [6, 6.07) is 23.1.